The van der Waals surface area contributed by atoms with Crippen molar-refractivity contribution in [3.8, 4) is 11.5 Å². The van der Waals surface area contributed by atoms with Gasteiger partial charge in [-0.2, -0.15) is 0 Å². The van der Waals surface area contributed by atoms with Crippen LogP contribution >= 0.6 is 0 Å². The fraction of sp³-hybridized carbons (Fsp3) is 0.250. The van der Waals surface area contributed by atoms with Crippen LogP contribution in [-0.2, 0) is 0 Å². The molecule has 0 saturated heterocycles. The molecule has 2 aromatic rings. The molecule has 1 heterocycles. The topological polar surface area (TPSA) is 38.7 Å². The van der Waals surface area contributed by atoms with E-state index in [1.54, 1.807) is 18.2 Å². The lowest BCUT2D eigenvalue weighted by molar-refractivity contribution is 0.169. The van der Waals surface area contributed by atoms with Crippen LogP contribution in [0.4, 0.5) is 8.78 Å². The predicted molar refractivity (Wildman–Crippen MR) is 72.6 cm³/mol. The van der Waals surface area contributed by atoms with Gasteiger partial charge >= 0.3 is 0 Å². The van der Waals surface area contributed by atoms with Gasteiger partial charge in [0.25, 0.3) is 0 Å². The number of ether oxygens (including phenoxy) is 2. The zero-order valence-electron chi connectivity index (χ0n) is 11.4. The number of benzene rings is 2. The SMILES string of the molecule is Cc1ccc(C(O)c2ccc3c(c2)OCCO3)c(F)c1F. The Kier molecular flexibility index (Phi) is 3.51. The maximum atomic E-state index is 13.9. The molecule has 3 rings (SSSR count). The van der Waals surface area contributed by atoms with E-state index in [4.69, 9.17) is 9.47 Å². The van der Waals surface area contributed by atoms with Crippen LogP contribution in [0, 0.1) is 18.6 Å². The number of rotatable bonds is 2. The zero-order chi connectivity index (χ0) is 15.0. The first-order valence-corrected chi connectivity index (χ1v) is 6.60. The molecule has 2 aromatic carbocycles. The summed E-state index contributed by atoms with van der Waals surface area (Å²) in [5.41, 5.74) is 0.516. The summed E-state index contributed by atoms with van der Waals surface area (Å²) in [7, 11) is 0. The van der Waals surface area contributed by atoms with Gasteiger partial charge < -0.3 is 14.6 Å². The molecular weight excluding hydrogens is 278 g/mol. The molecule has 0 saturated carbocycles. The van der Waals surface area contributed by atoms with E-state index in [-0.39, 0.29) is 11.1 Å². The van der Waals surface area contributed by atoms with Crippen molar-refractivity contribution in [2.45, 2.75) is 13.0 Å². The Bertz CT molecular complexity index is 685. The second kappa shape index (κ2) is 5.33. The van der Waals surface area contributed by atoms with Gasteiger partial charge in [-0.15, -0.1) is 0 Å². The monoisotopic (exact) mass is 292 g/mol. The van der Waals surface area contributed by atoms with Crippen molar-refractivity contribution in [3.63, 3.8) is 0 Å². The zero-order valence-corrected chi connectivity index (χ0v) is 11.4. The molecule has 0 spiro atoms. The lowest BCUT2D eigenvalue weighted by Crippen LogP contribution is -2.16. The van der Waals surface area contributed by atoms with Gasteiger partial charge in [0.15, 0.2) is 23.1 Å². The van der Waals surface area contributed by atoms with Crippen LogP contribution in [-0.4, -0.2) is 18.3 Å². The second-order valence-electron chi connectivity index (χ2n) is 4.91. The fourth-order valence-electron chi connectivity index (χ4n) is 2.28. The highest BCUT2D eigenvalue weighted by Gasteiger charge is 2.21. The first-order chi connectivity index (χ1) is 10.1. The van der Waals surface area contributed by atoms with Gasteiger partial charge in [0.1, 0.15) is 19.3 Å². The van der Waals surface area contributed by atoms with Gasteiger partial charge in [-0.05, 0) is 30.2 Å². The van der Waals surface area contributed by atoms with Crippen molar-refractivity contribution in [1.82, 2.24) is 0 Å². The Morgan fingerprint density at radius 3 is 2.48 bits per heavy atom. The van der Waals surface area contributed by atoms with E-state index >= 15 is 0 Å². The average Bonchev–Trinajstić information content (AvgIpc) is 2.52. The highest BCUT2D eigenvalue weighted by molar-refractivity contribution is 5.46. The van der Waals surface area contributed by atoms with Crippen LogP contribution in [0.25, 0.3) is 0 Å². The number of fused-ring (bicyclic) bond motifs is 1. The molecule has 1 aliphatic heterocycles. The first kappa shape index (κ1) is 13.8. The normalized spacial score (nSPS) is 14.9. The van der Waals surface area contributed by atoms with Crippen LogP contribution in [0.3, 0.4) is 0 Å². The van der Waals surface area contributed by atoms with E-state index in [9.17, 15) is 13.9 Å². The molecule has 1 aliphatic rings. The largest absolute Gasteiger partial charge is 0.486 e. The molecule has 5 heteroatoms. The van der Waals surface area contributed by atoms with E-state index in [0.717, 1.165) is 0 Å². The molecule has 0 fully saturated rings. The Balaban J connectivity index is 1.99. The average molecular weight is 292 g/mol. The van der Waals surface area contributed by atoms with Gasteiger partial charge in [0, 0.05) is 5.56 Å². The summed E-state index contributed by atoms with van der Waals surface area (Å²) in [5.74, 6) is -0.903. The summed E-state index contributed by atoms with van der Waals surface area (Å²) in [4.78, 5) is 0. The van der Waals surface area contributed by atoms with Crippen LogP contribution in [0.5, 0.6) is 11.5 Å². The minimum Gasteiger partial charge on any atom is -0.486 e. The van der Waals surface area contributed by atoms with Crippen molar-refractivity contribution < 1.29 is 23.4 Å². The lowest BCUT2D eigenvalue weighted by Gasteiger charge is -2.20. The predicted octanol–water partition coefficient (Wildman–Crippen LogP) is 3.13. The number of aryl methyl sites for hydroxylation is 1. The molecule has 1 unspecified atom stereocenters. The maximum absolute atomic E-state index is 13.9. The van der Waals surface area contributed by atoms with E-state index < -0.39 is 17.7 Å². The molecule has 1 atom stereocenters. The van der Waals surface area contributed by atoms with Gasteiger partial charge in [-0.1, -0.05) is 18.2 Å². The molecule has 21 heavy (non-hydrogen) atoms. The van der Waals surface area contributed by atoms with E-state index in [0.29, 0.717) is 30.3 Å². The smallest absolute Gasteiger partial charge is 0.165 e. The molecule has 0 bridgehead atoms. The molecular formula is C16H14F2O3. The molecule has 1 N–H and O–H groups in total. The van der Waals surface area contributed by atoms with E-state index in [1.165, 1.54) is 19.1 Å². The first-order valence-electron chi connectivity index (χ1n) is 6.60. The molecule has 0 radical (unpaired) electrons. The van der Waals surface area contributed by atoms with Crippen LogP contribution in [0.2, 0.25) is 0 Å². The lowest BCUT2D eigenvalue weighted by atomic mass is 9.99. The summed E-state index contributed by atoms with van der Waals surface area (Å²) in [6, 6.07) is 7.66. The fourth-order valence-corrected chi connectivity index (χ4v) is 2.28. The number of hydrogen-bond donors (Lipinski definition) is 1. The van der Waals surface area contributed by atoms with Crippen molar-refractivity contribution >= 4 is 0 Å². The Morgan fingerprint density at radius 1 is 1.00 bits per heavy atom. The third-order valence-corrected chi connectivity index (χ3v) is 3.48. The van der Waals surface area contributed by atoms with Crippen molar-refractivity contribution in [2.75, 3.05) is 13.2 Å². The molecule has 110 valence electrons. The van der Waals surface area contributed by atoms with Gasteiger partial charge in [-0.3, -0.25) is 0 Å². The summed E-state index contributed by atoms with van der Waals surface area (Å²) >= 11 is 0. The van der Waals surface area contributed by atoms with Crippen molar-refractivity contribution in [3.05, 3.63) is 58.7 Å². The van der Waals surface area contributed by atoms with Crippen LogP contribution in [0.1, 0.15) is 22.8 Å². The number of aliphatic hydroxyl groups is 1. The molecule has 0 aliphatic carbocycles. The van der Waals surface area contributed by atoms with E-state index in [2.05, 4.69) is 0 Å². The summed E-state index contributed by atoms with van der Waals surface area (Å²) in [5, 5.41) is 10.3. The second-order valence-corrected chi connectivity index (χ2v) is 4.91. The number of halogens is 2. The highest BCUT2D eigenvalue weighted by Crippen LogP contribution is 2.35. The third kappa shape index (κ3) is 2.45. The van der Waals surface area contributed by atoms with Crippen LogP contribution < -0.4 is 9.47 Å². The quantitative estimate of drug-likeness (QED) is 0.924. The van der Waals surface area contributed by atoms with Crippen LogP contribution in [0.15, 0.2) is 30.3 Å². The van der Waals surface area contributed by atoms with Gasteiger partial charge in [0.2, 0.25) is 0 Å². The summed E-state index contributed by atoms with van der Waals surface area (Å²) in [6.45, 7) is 2.35. The van der Waals surface area contributed by atoms with E-state index in [1.807, 2.05) is 0 Å². The summed E-state index contributed by atoms with van der Waals surface area (Å²) < 4.78 is 38.4. The minimum atomic E-state index is -1.27. The maximum Gasteiger partial charge on any atom is 0.165 e. The van der Waals surface area contributed by atoms with Crippen molar-refractivity contribution in [2.24, 2.45) is 0 Å². The molecule has 3 nitrogen and oxygen atoms in total. The van der Waals surface area contributed by atoms with Gasteiger partial charge in [-0.25, -0.2) is 8.78 Å². The third-order valence-electron chi connectivity index (χ3n) is 3.48. The minimum absolute atomic E-state index is 0.102. The van der Waals surface area contributed by atoms with Crippen molar-refractivity contribution in [1.29, 1.82) is 0 Å². The summed E-state index contributed by atoms with van der Waals surface area (Å²) in [6.07, 6.45) is -1.27. The number of aliphatic hydroxyl groups excluding tert-OH is 1. The Labute approximate surface area is 120 Å². The Hall–Kier alpha value is -2.14. The molecule has 0 amide bonds. The molecule has 0 aromatic heterocycles. The highest BCUT2D eigenvalue weighted by atomic mass is 19.2. The van der Waals surface area contributed by atoms with Gasteiger partial charge in [0.05, 0.1) is 0 Å². The standard InChI is InChI=1S/C16H14F2O3/c1-9-2-4-11(15(18)14(9)17)16(19)10-3-5-12-13(8-10)21-7-6-20-12/h2-5,8,16,19H,6-7H2,1H3. The Morgan fingerprint density at radius 2 is 1.71 bits per heavy atom. The number of hydrogen-bond acceptors (Lipinski definition) is 3.